The first-order chi connectivity index (χ1) is 7.25. The van der Waals surface area contributed by atoms with E-state index in [2.05, 4.69) is 0 Å². The van der Waals surface area contributed by atoms with E-state index in [4.69, 9.17) is 4.42 Å². The van der Waals surface area contributed by atoms with E-state index < -0.39 is 0 Å². The molecule has 0 aliphatic carbocycles. The molecule has 0 bridgehead atoms. The normalized spacial score (nSPS) is 11.3. The number of phenols is 1. The van der Waals surface area contributed by atoms with Crippen molar-refractivity contribution >= 4 is 21.7 Å². The van der Waals surface area contributed by atoms with Gasteiger partial charge in [0.15, 0.2) is 0 Å². The Morgan fingerprint density at radius 1 is 1.07 bits per heavy atom. The Morgan fingerprint density at radius 3 is 2.60 bits per heavy atom. The molecule has 2 heteroatoms. The highest BCUT2D eigenvalue weighted by Crippen LogP contribution is 2.33. The molecule has 0 aliphatic rings. The molecule has 1 aromatic heterocycles. The zero-order chi connectivity index (χ0) is 10.4. The maximum absolute atomic E-state index is 9.84. The minimum Gasteiger partial charge on any atom is -0.507 e. The number of aryl methyl sites for hydroxylation is 1. The molecule has 3 rings (SSSR count). The molecular weight excluding hydrogens is 188 g/mol. The maximum Gasteiger partial charge on any atom is 0.142 e. The minimum atomic E-state index is 0.305. The average Bonchev–Trinajstić information content (AvgIpc) is 2.59. The lowest BCUT2D eigenvalue weighted by atomic mass is 10.1. The Kier molecular flexibility index (Phi) is 1.54. The van der Waals surface area contributed by atoms with Crippen LogP contribution < -0.4 is 0 Å². The molecule has 0 saturated heterocycles. The Labute approximate surface area is 86.7 Å². The molecule has 2 nitrogen and oxygen atoms in total. The molecule has 15 heavy (non-hydrogen) atoms. The Morgan fingerprint density at radius 2 is 1.80 bits per heavy atom. The van der Waals surface area contributed by atoms with Crippen molar-refractivity contribution in [3.05, 3.63) is 42.2 Å². The molecule has 0 radical (unpaired) electrons. The monoisotopic (exact) mass is 198 g/mol. The van der Waals surface area contributed by atoms with Gasteiger partial charge in [-0.1, -0.05) is 24.3 Å². The number of rotatable bonds is 0. The van der Waals surface area contributed by atoms with Crippen LogP contribution in [0.25, 0.3) is 21.7 Å². The molecular formula is C13H10O2. The van der Waals surface area contributed by atoms with Gasteiger partial charge in [0.1, 0.15) is 17.1 Å². The summed E-state index contributed by atoms with van der Waals surface area (Å²) in [7, 11) is 0. The molecule has 0 atom stereocenters. The van der Waals surface area contributed by atoms with E-state index in [1.807, 2.05) is 37.3 Å². The molecule has 0 unspecified atom stereocenters. The lowest BCUT2D eigenvalue weighted by Crippen LogP contribution is -1.74. The van der Waals surface area contributed by atoms with Gasteiger partial charge in [0.05, 0.1) is 0 Å². The zero-order valence-corrected chi connectivity index (χ0v) is 8.32. The predicted octanol–water partition coefficient (Wildman–Crippen LogP) is 3.60. The smallest absolute Gasteiger partial charge is 0.142 e. The van der Waals surface area contributed by atoms with E-state index in [1.54, 1.807) is 6.07 Å². The van der Waals surface area contributed by atoms with Gasteiger partial charge in [0, 0.05) is 16.2 Å². The Hall–Kier alpha value is -1.96. The molecule has 1 N–H and O–H groups in total. The van der Waals surface area contributed by atoms with E-state index in [-0.39, 0.29) is 0 Å². The second-order valence-corrected chi connectivity index (χ2v) is 3.72. The zero-order valence-electron chi connectivity index (χ0n) is 8.32. The van der Waals surface area contributed by atoms with Gasteiger partial charge >= 0.3 is 0 Å². The maximum atomic E-state index is 9.84. The van der Waals surface area contributed by atoms with Crippen LogP contribution in [0.3, 0.4) is 0 Å². The van der Waals surface area contributed by atoms with Crippen molar-refractivity contribution in [3.8, 4) is 5.75 Å². The lowest BCUT2D eigenvalue weighted by Gasteiger charge is -2.00. The fraction of sp³-hybridized carbons (Fsp3) is 0.0769. The predicted molar refractivity (Wildman–Crippen MR) is 60.1 cm³/mol. The number of aromatic hydroxyl groups is 1. The summed E-state index contributed by atoms with van der Waals surface area (Å²) in [6.07, 6.45) is 0. The minimum absolute atomic E-state index is 0.305. The van der Waals surface area contributed by atoms with Crippen molar-refractivity contribution < 1.29 is 9.52 Å². The van der Waals surface area contributed by atoms with E-state index in [0.29, 0.717) is 5.75 Å². The van der Waals surface area contributed by atoms with Crippen molar-refractivity contribution in [2.45, 2.75) is 6.92 Å². The van der Waals surface area contributed by atoms with Crippen LogP contribution in [0.5, 0.6) is 5.75 Å². The number of hydrogen-bond acceptors (Lipinski definition) is 2. The summed E-state index contributed by atoms with van der Waals surface area (Å²) in [6.45, 7) is 1.91. The van der Waals surface area contributed by atoms with Crippen molar-refractivity contribution in [2.24, 2.45) is 0 Å². The Bertz CT molecular complexity index is 650. The van der Waals surface area contributed by atoms with Crippen LogP contribution in [0, 0.1) is 6.92 Å². The number of benzene rings is 2. The third-order valence-corrected chi connectivity index (χ3v) is 2.62. The van der Waals surface area contributed by atoms with Gasteiger partial charge in [0.25, 0.3) is 0 Å². The quantitative estimate of drug-likeness (QED) is 0.598. The van der Waals surface area contributed by atoms with Gasteiger partial charge in [-0.25, -0.2) is 0 Å². The summed E-state index contributed by atoms with van der Waals surface area (Å²) in [5.74, 6) is 1.17. The van der Waals surface area contributed by atoms with Gasteiger partial charge in [-0.3, -0.25) is 0 Å². The largest absolute Gasteiger partial charge is 0.507 e. The van der Waals surface area contributed by atoms with Gasteiger partial charge in [-0.05, 0) is 19.1 Å². The van der Waals surface area contributed by atoms with E-state index in [0.717, 1.165) is 27.5 Å². The third kappa shape index (κ3) is 1.11. The highest BCUT2D eigenvalue weighted by atomic mass is 16.3. The van der Waals surface area contributed by atoms with Crippen LogP contribution in [0.1, 0.15) is 5.76 Å². The number of phenolic OH excluding ortho intramolecular Hbond substituents is 1. The fourth-order valence-electron chi connectivity index (χ4n) is 1.98. The molecule has 0 amide bonds. The second kappa shape index (κ2) is 2.76. The Balaban J connectivity index is 2.62. The number of hydrogen-bond donors (Lipinski definition) is 1. The molecule has 0 spiro atoms. The topological polar surface area (TPSA) is 33.4 Å². The molecule has 1 heterocycles. The van der Waals surface area contributed by atoms with Gasteiger partial charge in [0.2, 0.25) is 0 Å². The summed E-state index contributed by atoms with van der Waals surface area (Å²) in [6, 6.07) is 11.4. The molecule has 74 valence electrons. The molecule has 0 saturated carbocycles. The second-order valence-electron chi connectivity index (χ2n) is 3.72. The highest BCUT2D eigenvalue weighted by molar-refractivity contribution is 6.07. The van der Waals surface area contributed by atoms with Gasteiger partial charge in [-0.15, -0.1) is 0 Å². The van der Waals surface area contributed by atoms with Gasteiger partial charge < -0.3 is 9.52 Å². The fourth-order valence-corrected chi connectivity index (χ4v) is 1.98. The molecule has 3 aromatic rings. The number of fused-ring (bicyclic) bond motifs is 3. The SMILES string of the molecule is Cc1cc2cc(O)c3ccccc3c2o1. The van der Waals surface area contributed by atoms with E-state index in [9.17, 15) is 5.11 Å². The van der Waals surface area contributed by atoms with Crippen LogP contribution >= 0.6 is 0 Å². The molecule has 0 aliphatic heterocycles. The summed E-state index contributed by atoms with van der Waals surface area (Å²) in [5.41, 5.74) is 0.848. The van der Waals surface area contributed by atoms with Crippen LogP contribution in [-0.2, 0) is 0 Å². The van der Waals surface area contributed by atoms with Crippen LogP contribution in [0.15, 0.2) is 40.8 Å². The highest BCUT2D eigenvalue weighted by Gasteiger charge is 2.08. The van der Waals surface area contributed by atoms with Crippen LogP contribution in [0.2, 0.25) is 0 Å². The standard InChI is InChI=1S/C13H10O2/c1-8-6-9-7-12(14)10-4-2-3-5-11(10)13(9)15-8/h2-7,14H,1H3. The molecule has 0 fully saturated rings. The first kappa shape index (κ1) is 8.36. The van der Waals surface area contributed by atoms with E-state index in [1.165, 1.54) is 0 Å². The van der Waals surface area contributed by atoms with Crippen molar-refractivity contribution in [2.75, 3.05) is 0 Å². The first-order valence-corrected chi connectivity index (χ1v) is 4.86. The summed E-state index contributed by atoms with van der Waals surface area (Å²) in [5, 5.41) is 12.6. The number of furan rings is 1. The summed E-state index contributed by atoms with van der Waals surface area (Å²) >= 11 is 0. The van der Waals surface area contributed by atoms with E-state index >= 15 is 0 Å². The van der Waals surface area contributed by atoms with Crippen molar-refractivity contribution in [1.29, 1.82) is 0 Å². The van der Waals surface area contributed by atoms with Crippen molar-refractivity contribution in [3.63, 3.8) is 0 Å². The lowest BCUT2D eigenvalue weighted by molar-refractivity contribution is 0.482. The summed E-state index contributed by atoms with van der Waals surface area (Å²) < 4.78 is 5.63. The average molecular weight is 198 g/mol. The van der Waals surface area contributed by atoms with Gasteiger partial charge in [-0.2, -0.15) is 0 Å². The molecule has 2 aromatic carbocycles. The third-order valence-electron chi connectivity index (χ3n) is 2.62. The first-order valence-electron chi connectivity index (χ1n) is 4.86. The van der Waals surface area contributed by atoms with Crippen molar-refractivity contribution in [1.82, 2.24) is 0 Å². The van der Waals surface area contributed by atoms with Crippen LogP contribution in [0.4, 0.5) is 0 Å². The van der Waals surface area contributed by atoms with Crippen LogP contribution in [-0.4, -0.2) is 5.11 Å². The summed E-state index contributed by atoms with van der Waals surface area (Å²) in [4.78, 5) is 0.